The van der Waals surface area contributed by atoms with Gasteiger partial charge in [0.2, 0.25) is 0 Å². The van der Waals surface area contributed by atoms with E-state index in [9.17, 15) is 9.50 Å². The van der Waals surface area contributed by atoms with E-state index >= 15 is 0 Å². The SMILES string of the molecule is CCNC(=NCC(O)c1ccc(F)cc1)NCCN(C)CCCOC.I. The molecule has 3 N–H and O–H groups in total. The Morgan fingerprint density at radius 3 is 2.58 bits per heavy atom. The summed E-state index contributed by atoms with van der Waals surface area (Å²) in [6.45, 7) is 6.32. The van der Waals surface area contributed by atoms with Crippen LogP contribution in [0.25, 0.3) is 0 Å². The predicted octanol–water partition coefficient (Wildman–Crippen LogP) is 2.00. The molecular formula is C18H32FIN4O2. The molecule has 6 nitrogen and oxygen atoms in total. The minimum atomic E-state index is -0.757. The summed E-state index contributed by atoms with van der Waals surface area (Å²) in [4.78, 5) is 6.62. The van der Waals surface area contributed by atoms with Crippen molar-refractivity contribution in [1.82, 2.24) is 15.5 Å². The van der Waals surface area contributed by atoms with E-state index in [2.05, 4.69) is 27.6 Å². The Bertz CT molecular complexity index is 502. The van der Waals surface area contributed by atoms with Gasteiger partial charge in [-0.3, -0.25) is 4.99 Å². The molecule has 1 aromatic carbocycles. The minimum absolute atomic E-state index is 0. The molecular weight excluding hydrogens is 450 g/mol. The number of likely N-dealkylation sites (N-methyl/N-ethyl adjacent to an activating group) is 1. The molecule has 0 radical (unpaired) electrons. The van der Waals surface area contributed by atoms with Crippen LogP contribution in [-0.4, -0.2) is 69.5 Å². The largest absolute Gasteiger partial charge is 0.386 e. The number of guanidine groups is 1. The van der Waals surface area contributed by atoms with Crippen molar-refractivity contribution in [1.29, 1.82) is 0 Å². The second-order valence-electron chi connectivity index (χ2n) is 5.86. The highest BCUT2D eigenvalue weighted by atomic mass is 127. The number of nitrogens with zero attached hydrogens (tertiary/aromatic N) is 2. The number of aliphatic hydroxyl groups excluding tert-OH is 1. The van der Waals surface area contributed by atoms with E-state index in [0.29, 0.717) is 11.5 Å². The lowest BCUT2D eigenvalue weighted by Gasteiger charge is -2.18. The van der Waals surface area contributed by atoms with Crippen LogP contribution in [0.2, 0.25) is 0 Å². The number of hydrogen-bond donors (Lipinski definition) is 3. The van der Waals surface area contributed by atoms with Gasteiger partial charge < -0.3 is 25.4 Å². The van der Waals surface area contributed by atoms with Crippen LogP contribution in [0.1, 0.15) is 25.0 Å². The standard InChI is InChI=1S/C18H31FN4O2.HI/c1-4-20-18(21-10-12-23(2)11-5-13-25-3)22-14-17(24)15-6-8-16(19)9-7-15;/h6-9,17,24H,4-5,10-14H2,1-3H3,(H2,20,21,22);1H. The summed E-state index contributed by atoms with van der Waals surface area (Å²) >= 11 is 0. The van der Waals surface area contributed by atoms with Crippen LogP contribution >= 0.6 is 24.0 Å². The molecule has 0 aromatic heterocycles. The Morgan fingerprint density at radius 2 is 1.96 bits per heavy atom. The van der Waals surface area contributed by atoms with Crippen LogP contribution in [0.5, 0.6) is 0 Å². The third kappa shape index (κ3) is 10.9. The first-order valence-electron chi connectivity index (χ1n) is 8.70. The van der Waals surface area contributed by atoms with Crippen LogP contribution in [0.15, 0.2) is 29.3 Å². The molecule has 0 amide bonds. The van der Waals surface area contributed by atoms with Crippen molar-refractivity contribution >= 4 is 29.9 Å². The average Bonchev–Trinajstić information content (AvgIpc) is 2.60. The van der Waals surface area contributed by atoms with Crippen LogP contribution < -0.4 is 10.6 Å². The molecule has 1 atom stereocenters. The fraction of sp³-hybridized carbons (Fsp3) is 0.611. The number of aliphatic hydroxyl groups is 1. The van der Waals surface area contributed by atoms with E-state index in [4.69, 9.17) is 4.74 Å². The van der Waals surface area contributed by atoms with Crippen molar-refractivity contribution in [3.8, 4) is 0 Å². The third-order valence-corrected chi connectivity index (χ3v) is 3.70. The fourth-order valence-corrected chi connectivity index (χ4v) is 2.27. The number of ether oxygens (including phenoxy) is 1. The summed E-state index contributed by atoms with van der Waals surface area (Å²) in [6.07, 6.45) is 0.248. The van der Waals surface area contributed by atoms with Gasteiger partial charge in [0.05, 0.1) is 12.6 Å². The molecule has 0 saturated heterocycles. The molecule has 1 aromatic rings. The van der Waals surface area contributed by atoms with Crippen LogP contribution in [-0.2, 0) is 4.74 Å². The van der Waals surface area contributed by atoms with E-state index in [0.717, 1.165) is 39.2 Å². The van der Waals surface area contributed by atoms with Gasteiger partial charge in [-0.05, 0) is 38.1 Å². The summed E-state index contributed by atoms with van der Waals surface area (Å²) in [7, 11) is 3.78. The van der Waals surface area contributed by atoms with Gasteiger partial charge in [-0.15, -0.1) is 24.0 Å². The molecule has 0 fully saturated rings. The number of aliphatic imine (C=N–C) groups is 1. The predicted molar refractivity (Wildman–Crippen MR) is 115 cm³/mol. The normalized spacial score (nSPS) is 12.6. The molecule has 1 rings (SSSR count). The van der Waals surface area contributed by atoms with Crippen LogP contribution in [0.3, 0.4) is 0 Å². The molecule has 0 bridgehead atoms. The van der Waals surface area contributed by atoms with Gasteiger partial charge in [-0.25, -0.2) is 4.39 Å². The second kappa shape index (κ2) is 15.1. The molecule has 150 valence electrons. The Hall–Kier alpha value is -0.970. The molecule has 26 heavy (non-hydrogen) atoms. The van der Waals surface area contributed by atoms with Crippen molar-refractivity contribution in [2.45, 2.75) is 19.4 Å². The molecule has 8 heteroatoms. The minimum Gasteiger partial charge on any atom is -0.386 e. The number of hydrogen-bond acceptors (Lipinski definition) is 4. The summed E-state index contributed by atoms with van der Waals surface area (Å²) in [6, 6.07) is 5.83. The van der Waals surface area contributed by atoms with Gasteiger partial charge in [0.25, 0.3) is 0 Å². The topological polar surface area (TPSA) is 69.1 Å². The van der Waals surface area contributed by atoms with E-state index in [1.165, 1.54) is 12.1 Å². The number of methoxy groups -OCH3 is 1. The molecule has 1 unspecified atom stereocenters. The summed E-state index contributed by atoms with van der Waals surface area (Å²) in [5.74, 6) is 0.345. The van der Waals surface area contributed by atoms with E-state index in [1.54, 1.807) is 19.2 Å². The number of nitrogens with one attached hydrogen (secondary N) is 2. The first kappa shape index (κ1) is 25.0. The maximum atomic E-state index is 12.9. The molecule has 0 aliphatic rings. The van der Waals surface area contributed by atoms with E-state index < -0.39 is 6.10 Å². The zero-order valence-corrected chi connectivity index (χ0v) is 18.2. The lowest BCUT2D eigenvalue weighted by Crippen LogP contribution is -2.41. The maximum absolute atomic E-state index is 12.9. The van der Waals surface area contributed by atoms with Gasteiger partial charge in [0.1, 0.15) is 5.82 Å². The number of halogens is 2. The van der Waals surface area contributed by atoms with Crippen LogP contribution in [0, 0.1) is 5.82 Å². The van der Waals surface area contributed by atoms with Gasteiger partial charge >= 0.3 is 0 Å². The Kier molecular flexibility index (Phi) is 14.6. The molecule has 0 spiro atoms. The highest BCUT2D eigenvalue weighted by Gasteiger charge is 2.08. The summed E-state index contributed by atoms with van der Waals surface area (Å²) < 4.78 is 18.0. The van der Waals surface area contributed by atoms with Gasteiger partial charge in [-0.1, -0.05) is 12.1 Å². The maximum Gasteiger partial charge on any atom is 0.191 e. The van der Waals surface area contributed by atoms with Crippen molar-refractivity contribution < 1.29 is 14.2 Å². The molecule has 0 aliphatic carbocycles. The lowest BCUT2D eigenvalue weighted by molar-refractivity contribution is 0.180. The van der Waals surface area contributed by atoms with E-state index in [-0.39, 0.29) is 36.3 Å². The highest BCUT2D eigenvalue weighted by molar-refractivity contribution is 14.0. The van der Waals surface area contributed by atoms with Crippen molar-refractivity contribution in [3.05, 3.63) is 35.6 Å². The third-order valence-electron chi connectivity index (χ3n) is 3.70. The number of benzene rings is 1. The molecule has 0 heterocycles. The zero-order valence-electron chi connectivity index (χ0n) is 15.9. The van der Waals surface area contributed by atoms with Crippen molar-refractivity contribution in [2.24, 2.45) is 4.99 Å². The Labute approximate surface area is 173 Å². The fourth-order valence-electron chi connectivity index (χ4n) is 2.27. The molecule has 0 saturated carbocycles. The molecule has 0 aliphatic heterocycles. The first-order chi connectivity index (χ1) is 12.1. The second-order valence-corrected chi connectivity index (χ2v) is 5.86. The first-order valence-corrected chi connectivity index (χ1v) is 8.70. The highest BCUT2D eigenvalue weighted by Crippen LogP contribution is 2.13. The Balaban J connectivity index is 0.00000625. The smallest absolute Gasteiger partial charge is 0.191 e. The Morgan fingerprint density at radius 1 is 1.27 bits per heavy atom. The zero-order chi connectivity index (χ0) is 18.5. The van der Waals surface area contributed by atoms with Crippen molar-refractivity contribution in [3.63, 3.8) is 0 Å². The average molecular weight is 482 g/mol. The summed E-state index contributed by atoms with van der Waals surface area (Å²) in [5.41, 5.74) is 0.652. The van der Waals surface area contributed by atoms with Crippen molar-refractivity contribution in [2.75, 3.05) is 53.5 Å². The lowest BCUT2D eigenvalue weighted by atomic mass is 10.1. The quantitative estimate of drug-likeness (QED) is 0.195. The monoisotopic (exact) mass is 482 g/mol. The van der Waals surface area contributed by atoms with Gasteiger partial charge in [-0.2, -0.15) is 0 Å². The number of rotatable bonds is 11. The van der Waals surface area contributed by atoms with Gasteiger partial charge in [0, 0.05) is 39.9 Å². The summed E-state index contributed by atoms with van der Waals surface area (Å²) in [5, 5.41) is 16.6. The van der Waals surface area contributed by atoms with Gasteiger partial charge in [0.15, 0.2) is 5.96 Å². The van der Waals surface area contributed by atoms with E-state index in [1.807, 2.05) is 6.92 Å². The van der Waals surface area contributed by atoms with Crippen LogP contribution in [0.4, 0.5) is 4.39 Å².